The van der Waals surface area contributed by atoms with Gasteiger partial charge in [-0.1, -0.05) is 6.92 Å². The number of nitrogens with zero attached hydrogens (tertiary/aromatic N) is 1. The zero-order chi connectivity index (χ0) is 7.14. The lowest BCUT2D eigenvalue weighted by Crippen LogP contribution is -2.40. The number of piperidine rings is 1. The Morgan fingerprint density at radius 1 is 1.50 bits per heavy atom. The minimum absolute atomic E-state index is 0.521. The van der Waals surface area contributed by atoms with Gasteiger partial charge in [0.25, 0.3) is 0 Å². The van der Waals surface area contributed by atoms with E-state index in [1.165, 1.54) is 25.9 Å². The number of hydrogen-bond acceptors (Lipinski definition) is 2. The van der Waals surface area contributed by atoms with Crippen LogP contribution in [0.4, 0.5) is 0 Å². The quantitative estimate of drug-likeness (QED) is 0.572. The molecule has 2 unspecified atom stereocenters. The summed E-state index contributed by atoms with van der Waals surface area (Å²) in [5.41, 5.74) is 5.91. The fourth-order valence-corrected chi connectivity index (χ4v) is 2.47. The van der Waals surface area contributed by atoms with Gasteiger partial charge in [0.15, 0.2) is 0 Å². The van der Waals surface area contributed by atoms with Crippen LogP contribution in [0.3, 0.4) is 0 Å². The zero-order valence-corrected chi connectivity index (χ0v) is 6.59. The third-order valence-corrected chi connectivity index (χ3v) is 3.12. The summed E-state index contributed by atoms with van der Waals surface area (Å²) >= 11 is 0. The molecule has 1 heterocycles. The first-order valence-electron chi connectivity index (χ1n) is 4.31. The van der Waals surface area contributed by atoms with Gasteiger partial charge < -0.3 is 10.6 Å². The number of likely N-dealkylation sites (tertiary alicyclic amines) is 1. The van der Waals surface area contributed by atoms with Gasteiger partial charge in [-0.25, -0.2) is 0 Å². The molecule has 1 aliphatic heterocycles. The van der Waals surface area contributed by atoms with Crippen LogP contribution in [0.25, 0.3) is 0 Å². The molecule has 2 N–H and O–H groups in total. The van der Waals surface area contributed by atoms with Crippen molar-refractivity contribution in [3.63, 3.8) is 0 Å². The van der Waals surface area contributed by atoms with Crippen molar-refractivity contribution in [2.45, 2.75) is 31.8 Å². The standard InChI is InChI=1S/C8H16N2/c1-2-10-5-6-3-7(10)4-8(6)9/h6-8H,2-5,9H2,1H3/t6?,7?,8-/m0/s1. The maximum Gasteiger partial charge on any atom is 0.0114 e. The predicted octanol–water partition coefficient (Wildman–Crippen LogP) is 0.428. The third-order valence-electron chi connectivity index (χ3n) is 3.12. The van der Waals surface area contributed by atoms with Crippen LogP contribution in [0, 0.1) is 5.92 Å². The summed E-state index contributed by atoms with van der Waals surface area (Å²) < 4.78 is 0. The van der Waals surface area contributed by atoms with Crippen LogP contribution in [0.15, 0.2) is 0 Å². The highest BCUT2D eigenvalue weighted by molar-refractivity contribution is 4.98. The Balaban J connectivity index is 2.02. The summed E-state index contributed by atoms with van der Waals surface area (Å²) in [6.45, 7) is 4.72. The minimum Gasteiger partial charge on any atom is -0.327 e. The van der Waals surface area contributed by atoms with Crippen molar-refractivity contribution in [2.24, 2.45) is 11.7 Å². The first-order chi connectivity index (χ1) is 4.81. The van der Waals surface area contributed by atoms with E-state index in [1.807, 2.05) is 0 Å². The maximum atomic E-state index is 5.91. The molecule has 0 aromatic carbocycles. The van der Waals surface area contributed by atoms with E-state index in [-0.39, 0.29) is 0 Å². The molecule has 2 rings (SSSR count). The van der Waals surface area contributed by atoms with Crippen LogP contribution in [0.1, 0.15) is 19.8 Å². The second-order valence-electron chi connectivity index (χ2n) is 3.64. The molecule has 2 bridgehead atoms. The van der Waals surface area contributed by atoms with Crippen molar-refractivity contribution >= 4 is 0 Å². The van der Waals surface area contributed by atoms with Crippen LogP contribution >= 0.6 is 0 Å². The summed E-state index contributed by atoms with van der Waals surface area (Å²) in [5, 5.41) is 0. The monoisotopic (exact) mass is 140 g/mol. The summed E-state index contributed by atoms with van der Waals surface area (Å²) in [4.78, 5) is 2.56. The molecule has 58 valence electrons. The molecule has 1 aliphatic carbocycles. The lowest BCUT2D eigenvalue weighted by Gasteiger charge is -2.28. The highest BCUT2D eigenvalue weighted by atomic mass is 15.2. The maximum absolute atomic E-state index is 5.91. The van der Waals surface area contributed by atoms with E-state index in [0.29, 0.717) is 6.04 Å². The molecular weight excluding hydrogens is 124 g/mol. The van der Waals surface area contributed by atoms with Crippen LogP contribution < -0.4 is 5.73 Å². The number of fused-ring (bicyclic) bond motifs is 2. The van der Waals surface area contributed by atoms with Gasteiger partial charge in [-0.05, 0) is 25.3 Å². The first-order valence-corrected chi connectivity index (χ1v) is 4.31. The summed E-state index contributed by atoms with van der Waals surface area (Å²) in [7, 11) is 0. The largest absolute Gasteiger partial charge is 0.327 e. The van der Waals surface area contributed by atoms with Crippen LogP contribution in [-0.2, 0) is 0 Å². The summed E-state index contributed by atoms with van der Waals surface area (Å²) in [6, 6.07) is 1.36. The predicted molar refractivity (Wildman–Crippen MR) is 41.7 cm³/mol. The Bertz CT molecular complexity index is 133. The molecule has 2 aliphatic rings. The van der Waals surface area contributed by atoms with Gasteiger partial charge in [0.05, 0.1) is 0 Å². The Kier molecular flexibility index (Phi) is 1.46. The van der Waals surface area contributed by atoms with Crippen molar-refractivity contribution in [3.05, 3.63) is 0 Å². The Morgan fingerprint density at radius 2 is 2.30 bits per heavy atom. The lowest BCUT2D eigenvalue weighted by molar-refractivity contribution is 0.210. The van der Waals surface area contributed by atoms with E-state index in [0.717, 1.165) is 12.0 Å². The number of nitrogens with two attached hydrogens (primary N) is 1. The van der Waals surface area contributed by atoms with E-state index >= 15 is 0 Å². The highest BCUT2D eigenvalue weighted by Gasteiger charge is 2.41. The smallest absolute Gasteiger partial charge is 0.0114 e. The van der Waals surface area contributed by atoms with E-state index in [4.69, 9.17) is 5.73 Å². The fraction of sp³-hybridized carbons (Fsp3) is 1.00. The van der Waals surface area contributed by atoms with Crippen molar-refractivity contribution in [3.8, 4) is 0 Å². The molecule has 0 spiro atoms. The SMILES string of the molecule is CCN1CC2CC1C[C@@H]2N. The zero-order valence-electron chi connectivity index (χ0n) is 6.59. The Morgan fingerprint density at radius 3 is 2.70 bits per heavy atom. The fourth-order valence-electron chi connectivity index (χ4n) is 2.47. The van der Waals surface area contributed by atoms with Gasteiger partial charge in [0.1, 0.15) is 0 Å². The molecular formula is C8H16N2. The normalized spacial score (nSPS) is 46.8. The van der Waals surface area contributed by atoms with Crippen molar-refractivity contribution < 1.29 is 0 Å². The van der Waals surface area contributed by atoms with Gasteiger partial charge in [-0.15, -0.1) is 0 Å². The molecule has 0 radical (unpaired) electrons. The molecule has 1 saturated heterocycles. The molecule has 0 aromatic rings. The minimum atomic E-state index is 0.521. The molecule has 10 heavy (non-hydrogen) atoms. The van der Waals surface area contributed by atoms with Gasteiger partial charge in [0, 0.05) is 18.6 Å². The van der Waals surface area contributed by atoms with E-state index in [1.54, 1.807) is 0 Å². The lowest BCUT2D eigenvalue weighted by atomic mass is 10.0. The van der Waals surface area contributed by atoms with Gasteiger partial charge in [0.2, 0.25) is 0 Å². The highest BCUT2D eigenvalue weighted by Crippen LogP contribution is 2.36. The van der Waals surface area contributed by atoms with E-state index < -0.39 is 0 Å². The van der Waals surface area contributed by atoms with Crippen molar-refractivity contribution in [1.29, 1.82) is 0 Å². The van der Waals surface area contributed by atoms with Gasteiger partial charge in [-0.3, -0.25) is 0 Å². The molecule has 2 fully saturated rings. The Hall–Kier alpha value is -0.0800. The van der Waals surface area contributed by atoms with E-state index in [2.05, 4.69) is 11.8 Å². The van der Waals surface area contributed by atoms with Gasteiger partial charge >= 0.3 is 0 Å². The molecule has 3 atom stereocenters. The van der Waals surface area contributed by atoms with Crippen molar-refractivity contribution in [1.82, 2.24) is 4.90 Å². The average Bonchev–Trinajstić information content (AvgIpc) is 2.44. The molecule has 0 aromatic heterocycles. The van der Waals surface area contributed by atoms with Crippen LogP contribution in [0.2, 0.25) is 0 Å². The summed E-state index contributed by atoms with van der Waals surface area (Å²) in [6.07, 6.45) is 2.62. The second-order valence-corrected chi connectivity index (χ2v) is 3.64. The first kappa shape index (κ1) is 6.62. The molecule has 1 saturated carbocycles. The van der Waals surface area contributed by atoms with Crippen LogP contribution in [-0.4, -0.2) is 30.1 Å². The second kappa shape index (κ2) is 2.21. The molecule has 2 nitrogen and oxygen atoms in total. The molecule has 2 heteroatoms. The Labute approximate surface area is 62.4 Å². The number of hydrogen-bond donors (Lipinski definition) is 1. The molecule has 0 amide bonds. The number of rotatable bonds is 1. The summed E-state index contributed by atoms with van der Waals surface area (Å²) in [5.74, 6) is 0.824. The third kappa shape index (κ3) is 0.789. The topological polar surface area (TPSA) is 29.3 Å². The van der Waals surface area contributed by atoms with Crippen LogP contribution in [0.5, 0.6) is 0 Å². The van der Waals surface area contributed by atoms with Gasteiger partial charge in [-0.2, -0.15) is 0 Å². The average molecular weight is 140 g/mol. The van der Waals surface area contributed by atoms with E-state index in [9.17, 15) is 0 Å². The van der Waals surface area contributed by atoms with Crippen molar-refractivity contribution in [2.75, 3.05) is 13.1 Å².